The van der Waals surface area contributed by atoms with Crippen LogP contribution in [0.4, 0.5) is 0 Å². The van der Waals surface area contributed by atoms with Gasteiger partial charge in [0.05, 0.1) is 17.1 Å². The molecule has 0 aliphatic carbocycles. The summed E-state index contributed by atoms with van der Waals surface area (Å²) in [6.07, 6.45) is 0.832. The number of benzene rings is 2. The molecule has 2 fully saturated rings. The van der Waals surface area contributed by atoms with Gasteiger partial charge in [0.2, 0.25) is 0 Å². The standard InChI is InChI=1S/C21H21N5O2/c27-20-19(22-16-8-4-5-9-17(16)23-20)21(28)26-11-10-15-14(12-26)18(25-24-15)13-6-2-1-3-7-13/h1-9,14-15,18,24-25H,10-12H2,(H,23,27). The van der Waals surface area contributed by atoms with Crippen LogP contribution in [0.25, 0.3) is 11.0 Å². The van der Waals surface area contributed by atoms with Crippen molar-refractivity contribution in [1.82, 2.24) is 25.7 Å². The molecule has 0 spiro atoms. The van der Waals surface area contributed by atoms with Crippen molar-refractivity contribution in [2.45, 2.75) is 18.5 Å². The van der Waals surface area contributed by atoms with Crippen molar-refractivity contribution in [3.8, 4) is 0 Å². The Balaban J connectivity index is 1.42. The van der Waals surface area contributed by atoms with Gasteiger partial charge in [0.1, 0.15) is 0 Å². The van der Waals surface area contributed by atoms with Gasteiger partial charge < -0.3 is 9.88 Å². The molecule has 1 aromatic heterocycles. The Bertz CT molecular complexity index is 1080. The zero-order valence-corrected chi connectivity index (χ0v) is 15.3. The van der Waals surface area contributed by atoms with Crippen LogP contribution in [0.5, 0.6) is 0 Å². The van der Waals surface area contributed by atoms with Crippen molar-refractivity contribution in [3.63, 3.8) is 0 Å². The van der Waals surface area contributed by atoms with Crippen LogP contribution in [-0.4, -0.2) is 39.9 Å². The smallest absolute Gasteiger partial charge is 0.280 e. The van der Waals surface area contributed by atoms with E-state index in [4.69, 9.17) is 0 Å². The maximum Gasteiger partial charge on any atom is 0.280 e. The molecule has 3 unspecified atom stereocenters. The van der Waals surface area contributed by atoms with Gasteiger partial charge >= 0.3 is 0 Å². The minimum Gasteiger partial charge on any atom is -0.337 e. The Morgan fingerprint density at radius 2 is 1.82 bits per heavy atom. The first kappa shape index (κ1) is 17.1. The maximum atomic E-state index is 13.1. The van der Waals surface area contributed by atoms with Crippen LogP contribution in [0, 0.1) is 5.92 Å². The van der Waals surface area contributed by atoms with E-state index in [2.05, 4.69) is 33.0 Å². The molecule has 5 rings (SSSR count). The molecule has 0 bridgehead atoms. The highest BCUT2D eigenvalue weighted by Crippen LogP contribution is 2.33. The monoisotopic (exact) mass is 375 g/mol. The van der Waals surface area contributed by atoms with Crippen molar-refractivity contribution < 1.29 is 4.79 Å². The Morgan fingerprint density at radius 1 is 1.04 bits per heavy atom. The molecule has 3 N–H and O–H groups in total. The van der Waals surface area contributed by atoms with Crippen molar-refractivity contribution in [1.29, 1.82) is 0 Å². The van der Waals surface area contributed by atoms with E-state index in [1.165, 1.54) is 5.56 Å². The zero-order chi connectivity index (χ0) is 19.1. The summed E-state index contributed by atoms with van der Waals surface area (Å²) in [6.45, 7) is 1.18. The first-order chi connectivity index (χ1) is 13.7. The fraction of sp³-hybridized carbons (Fsp3) is 0.286. The van der Waals surface area contributed by atoms with Crippen LogP contribution in [-0.2, 0) is 0 Å². The number of aromatic amines is 1. The summed E-state index contributed by atoms with van der Waals surface area (Å²) in [5.74, 6) is -0.0659. The quantitative estimate of drug-likeness (QED) is 0.633. The molecule has 7 heteroatoms. The molecule has 2 saturated heterocycles. The minimum absolute atomic E-state index is 0.0349. The molecule has 3 heterocycles. The number of H-pyrrole nitrogens is 1. The number of nitrogens with zero attached hydrogens (tertiary/aromatic N) is 2. The van der Waals surface area contributed by atoms with E-state index < -0.39 is 5.56 Å². The Labute approximate surface area is 161 Å². The third-order valence-electron chi connectivity index (χ3n) is 5.76. The van der Waals surface area contributed by atoms with Crippen LogP contribution in [0.2, 0.25) is 0 Å². The number of likely N-dealkylation sites (tertiary alicyclic amines) is 1. The number of piperidine rings is 1. The lowest BCUT2D eigenvalue weighted by molar-refractivity contribution is 0.0645. The lowest BCUT2D eigenvalue weighted by atomic mass is 9.85. The summed E-state index contributed by atoms with van der Waals surface area (Å²) < 4.78 is 0. The van der Waals surface area contributed by atoms with Gasteiger partial charge in [-0.2, -0.15) is 0 Å². The molecule has 0 radical (unpaired) electrons. The number of aromatic nitrogens is 2. The highest BCUT2D eigenvalue weighted by Gasteiger charge is 2.42. The molecule has 3 aromatic rings. The molecule has 2 aromatic carbocycles. The molecule has 1 amide bonds. The van der Waals surface area contributed by atoms with Gasteiger partial charge in [-0.1, -0.05) is 42.5 Å². The second kappa shape index (κ2) is 6.85. The number of hydrazine groups is 1. The number of fused-ring (bicyclic) bond motifs is 2. The number of para-hydroxylation sites is 2. The average Bonchev–Trinajstić information content (AvgIpc) is 3.16. The fourth-order valence-corrected chi connectivity index (χ4v) is 4.30. The predicted molar refractivity (Wildman–Crippen MR) is 106 cm³/mol. The lowest BCUT2D eigenvalue weighted by Gasteiger charge is -2.35. The lowest BCUT2D eigenvalue weighted by Crippen LogP contribution is -2.49. The highest BCUT2D eigenvalue weighted by atomic mass is 16.2. The molecular weight excluding hydrogens is 354 g/mol. The zero-order valence-electron chi connectivity index (χ0n) is 15.3. The van der Waals surface area contributed by atoms with Crippen LogP contribution in [0.1, 0.15) is 28.5 Å². The SMILES string of the molecule is O=C(c1nc2ccccc2[nH]c1=O)N1CCC2NNC(c3ccccc3)C2C1. The molecule has 7 nitrogen and oxygen atoms in total. The number of rotatable bonds is 2. The van der Waals surface area contributed by atoms with Crippen LogP contribution in [0.15, 0.2) is 59.4 Å². The van der Waals surface area contributed by atoms with E-state index in [0.717, 1.165) is 6.42 Å². The molecule has 3 atom stereocenters. The molecule has 2 aliphatic heterocycles. The topological polar surface area (TPSA) is 90.1 Å². The first-order valence-corrected chi connectivity index (χ1v) is 9.55. The van der Waals surface area contributed by atoms with E-state index in [1.807, 2.05) is 30.3 Å². The van der Waals surface area contributed by atoms with Crippen LogP contribution < -0.4 is 16.4 Å². The second-order valence-corrected chi connectivity index (χ2v) is 7.42. The summed E-state index contributed by atoms with van der Waals surface area (Å²) in [5.41, 5.74) is 8.72. The highest BCUT2D eigenvalue weighted by molar-refractivity contribution is 5.93. The number of hydrogen-bond acceptors (Lipinski definition) is 5. The normalized spacial score (nSPS) is 24.3. The fourth-order valence-electron chi connectivity index (χ4n) is 4.30. The summed E-state index contributed by atoms with van der Waals surface area (Å²) >= 11 is 0. The summed E-state index contributed by atoms with van der Waals surface area (Å²) in [7, 11) is 0. The van der Waals surface area contributed by atoms with E-state index in [0.29, 0.717) is 30.2 Å². The van der Waals surface area contributed by atoms with E-state index in [-0.39, 0.29) is 23.6 Å². The van der Waals surface area contributed by atoms with Gasteiger partial charge in [-0.25, -0.2) is 10.4 Å². The average molecular weight is 375 g/mol. The maximum absolute atomic E-state index is 13.1. The molecule has 142 valence electrons. The van der Waals surface area contributed by atoms with Crippen molar-refractivity contribution in [2.24, 2.45) is 5.92 Å². The van der Waals surface area contributed by atoms with Gasteiger partial charge in [-0.15, -0.1) is 0 Å². The molecule has 28 heavy (non-hydrogen) atoms. The van der Waals surface area contributed by atoms with Crippen molar-refractivity contribution in [3.05, 3.63) is 76.2 Å². The van der Waals surface area contributed by atoms with Crippen LogP contribution in [0.3, 0.4) is 0 Å². The van der Waals surface area contributed by atoms with Crippen molar-refractivity contribution >= 4 is 16.9 Å². The van der Waals surface area contributed by atoms with Gasteiger partial charge in [0.25, 0.3) is 11.5 Å². The third kappa shape index (κ3) is 2.89. The summed E-state index contributed by atoms with van der Waals surface area (Å²) in [5, 5.41) is 0. The number of hydrogen-bond donors (Lipinski definition) is 3. The van der Waals surface area contributed by atoms with E-state index >= 15 is 0 Å². The van der Waals surface area contributed by atoms with Gasteiger partial charge in [-0.05, 0) is 24.1 Å². The Morgan fingerprint density at radius 3 is 2.68 bits per heavy atom. The van der Waals surface area contributed by atoms with Crippen LogP contribution >= 0.6 is 0 Å². The molecule has 0 saturated carbocycles. The van der Waals surface area contributed by atoms with Gasteiger partial charge in [0.15, 0.2) is 5.69 Å². The van der Waals surface area contributed by atoms with E-state index in [9.17, 15) is 9.59 Å². The number of nitrogens with one attached hydrogen (secondary N) is 3. The second-order valence-electron chi connectivity index (χ2n) is 7.42. The summed E-state index contributed by atoms with van der Waals surface area (Å²) in [6, 6.07) is 17.9. The molecular formula is C21H21N5O2. The number of amides is 1. The van der Waals surface area contributed by atoms with Gasteiger partial charge in [0, 0.05) is 25.0 Å². The number of carbonyl (C=O) groups is 1. The first-order valence-electron chi connectivity index (χ1n) is 9.55. The van der Waals surface area contributed by atoms with Crippen molar-refractivity contribution in [2.75, 3.05) is 13.1 Å². The Kier molecular flexibility index (Phi) is 4.18. The summed E-state index contributed by atoms with van der Waals surface area (Å²) in [4.78, 5) is 34.4. The Hall–Kier alpha value is -3.03. The number of carbonyl (C=O) groups excluding carboxylic acids is 1. The van der Waals surface area contributed by atoms with E-state index in [1.54, 1.807) is 17.0 Å². The largest absolute Gasteiger partial charge is 0.337 e. The van der Waals surface area contributed by atoms with Gasteiger partial charge in [-0.3, -0.25) is 15.0 Å². The molecule has 2 aliphatic rings. The predicted octanol–water partition coefficient (Wildman–Crippen LogP) is 1.60. The third-order valence-corrected chi connectivity index (χ3v) is 5.76. The minimum atomic E-state index is -0.437.